The molecule has 0 unspecified atom stereocenters. The van der Waals surface area contributed by atoms with E-state index < -0.39 is 0 Å². The maximum Gasteiger partial charge on any atom is 0.260 e. The van der Waals surface area contributed by atoms with E-state index in [9.17, 15) is 9.59 Å². The van der Waals surface area contributed by atoms with Gasteiger partial charge in [-0.15, -0.1) is 0 Å². The standard InChI is InChI=1S/C24H26ClN3O2/c25-20-6-2-4-18-16-28(23(30)21(18)20)19-5-1-3-17(15-19)22(29)27-13-9-24(10-14-27)7-11-26-12-8-24/h1-6,15,26H,7-14,16H2. The number of nitrogens with one attached hydrogen (secondary N) is 1. The van der Waals surface area contributed by atoms with Crippen LogP contribution in [-0.4, -0.2) is 42.9 Å². The van der Waals surface area contributed by atoms with E-state index in [1.54, 1.807) is 11.0 Å². The van der Waals surface area contributed by atoms with Crippen LogP contribution in [0.3, 0.4) is 0 Å². The largest absolute Gasteiger partial charge is 0.339 e. The van der Waals surface area contributed by atoms with Crippen LogP contribution in [0.25, 0.3) is 0 Å². The molecule has 0 aliphatic carbocycles. The third-order valence-electron chi connectivity index (χ3n) is 7.07. The van der Waals surface area contributed by atoms with Gasteiger partial charge in [0.15, 0.2) is 0 Å². The number of nitrogens with zero attached hydrogens (tertiary/aromatic N) is 2. The summed E-state index contributed by atoms with van der Waals surface area (Å²) in [5.41, 5.74) is 3.29. The summed E-state index contributed by atoms with van der Waals surface area (Å²) in [6.45, 7) is 4.28. The molecule has 0 atom stereocenters. The third kappa shape index (κ3) is 3.40. The molecule has 2 saturated heterocycles. The van der Waals surface area contributed by atoms with E-state index in [0.717, 1.165) is 50.3 Å². The lowest BCUT2D eigenvalue weighted by molar-refractivity contribution is 0.0495. The van der Waals surface area contributed by atoms with Crippen LogP contribution < -0.4 is 10.2 Å². The molecule has 0 bridgehead atoms. The summed E-state index contributed by atoms with van der Waals surface area (Å²) < 4.78 is 0. The van der Waals surface area contributed by atoms with Crippen molar-refractivity contribution in [1.29, 1.82) is 0 Å². The van der Waals surface area contributed by atoms with Gasteiger partial charge in [-0.2, -0.15) is 0 Å². The van der Waals surface area contributed by atoms with Gasteiger partial charge in [0, 0.05) is 24.3 Å². The van der Waals surface area contributed by atoms with Crippen LogP contribution in [0.4, 0.5) is 5.69 Å². The van der Waals surface area contributed by atoms with E-state index in [-0.39, 0.29) is 11.8 Å². The molecule has 0 saturated carbocycles. The fourth-order valence-electron chi connectivity index (χ4n) is 5.16. The summed E-state index contributed by atoms with van der Waals surface area (Å²) in [5.74, 6) is -0.0474. The van der Waals surface area contributed by atoms with Crippen LogP contribution in [0.1, 0.15) is 52.0 Å². The molecule has 5 rings (SSSR count). The lowest BCUT2D eigenvalue weighted by atomic mass is 9.71. The summed E-state index contributed by atoms with van der Waals surface area (Å²) in [6.07, 6.45) is 4.59. The van der Waals surface area contributed by atoms with Crippen molar-refractivity contribution in [1.82, 2.24) is 10.2 Å². The van der Waals surface area contributed by atoms with Crippen molar-refractivity contribution in [3.05, 3.63) is 64.2 Å². The maximum absolute atomic E-state index is 13.2. The highest BCUT2D eigenvalue weighted by Gasteiger charge is 2.37. The SMILES string of the molecule is O=C(c1cccc(N2Cc3cccc(Cl)c3C2=O)c1)N1CCC2(CCNCC2)CC1. The number of fused-ring (bicyclic) bond motifs is 1. The van der Waals surface area contributed by atoms with Crippen molar-refractivity contribution >= 4 is 29.1 Å². The Kier molecular flexibility index (Phi) is 5.03. The predicted octanol–water partition coefficient (Wildman–Crippen LogP) is 4.11. The van der Waals surface area contributed by atoms with Gasteiger partial charge in [0.05, 0.1) is 17.1 Å². The van der Waals surface area contributed by atoms with Crippen LogP contribution in [0.2, 0.25) is 5.02 Å². The summed E-state index contributed by atoms with van der Waals surface area (Å²) in [6, 6.07) is 13.0. The molecule has 6 heteroatoms. The van der Waals surface area contributed by atoms with Crippen LogP contribution in [0.5, 0.6) is 0 Å². The molecule has 156 valence electrons. The van der Waals surface area contributed by atoms with Crippen LogP contribution in [0.15, 0.2) is 42.5 Å². The quantitative estimate of drug-likeness (QED) is 0.790. The Morgan fingerprint density at radius 1 is 1.00 bits per heavy atom. The maximum atomic E-state index is 13.2. The zero-order valence-corrected chi connectivity index (χ0v) is 17.8. The Morgan fingerprint density at radius 2 is 1.73 bits per heavy atom. The molecule has 0 aromatic heterocycles. The number of carbonyl (C=O) groups is 2. The van der Waals surface area contributed by atoms with E-state index in [1.165, 1.54) is 12.8 Å². The number of halogens is 1. The monoisotopic (exact) mass is 423 g/mol. The van der Waals surface area contributed by atoms with Crippen molar-refractivity contribution < 1.29 is 9.59 Å². The zero-order valence-electron chi connectivity index (χ0n) is 17.0. The first-order chi connectivity index (χ1) is 14.6. The molecule has 2 aromatic rings. The number of amides is 2. The summed E-state index contributed by atoms with van der Waals surface area (Å²) in [5, 5.41) is 3.92. The van der Waals surface area contributed by atoms with E-state index >= 15 is 0 Å². The van der Waals surface area contributed by atoms with Gasteiger partial charge in [-0.3, -0.25) is 9.59 Å². The van der Waals surface area contributed by atoms with Gasteiger partial charge < -0.3 is 15.1 Å². The molecule has 2 amide bonds. The Bertz CT molecular complexity index is 990. The van der Waals surface area contributed by atoms with Crippen LogP contribution in [-0.2, 0) is 6.54 Å². The number of hydrogen-bond acceptors (Lipinski definition) is 3. The second-order valence-corrected chi connectivity index (χ2v) is 9.16. The first-order valence-corrected chi connectivity index (χ1v) is 11.1. The van der Waals surface area contributed by atoms with E-state index in [1.807, 2.05) is 41.3 Å². The Balaban J connectivity index is 1.32. The Labute approximate surface area is 182 Å². The van der Waals surface area contributed by atoms with Gasteiger partial charge in [-0.25, -0.2) is 0 Å². The molecular weight excluding hydrogens is 398 g/mol. The average molecular weight is 424 g/mol. The lowest BCUT2D eigenvalue weighted by Crippen LogP contribution is -2.47. The Hall–Kier alpha value is -2.37. The molecule has 1 spiro atoms. The number of piperidine rings is 2. The highest BCUT2D eigenvalue weighted by Crippen LogP contribution is 2.40. The number of rotatable bonds is 2. The summed E-state index contributed by atoms with van der Waals surface area (Å²) in [7, 11) is 0. The van der Waals surface area contributed by atoms with Gasteiger partial charge >= 0.3 is 0 Å². The molecule has 3 aliphatic rings. The second kappa shape index (κ2) is 7.71. The minimum Gasteiger partial charge on any atom is -0.339 e. The minimum atomic E-state index is -0.106. The Morgan fingerprint density at radius 3 is 2.47 bits per heavy atom. The van der Waals surface area contributed by atoms with Crippen LogP contribution in [0, 0.1) is 5.41 Å². The van der Waals surface area contributed by atoms with Crippen molar-refractivity contribution in [2.45, 2.75) is 32.2 Å². The summed E-state index contributed by atoms with van der Waals surface area (Å²) in [4.78, 5) is 29.8. The fourth-order valence-corrected chi connectivity index (χ4v) is 5.43. The fraction of sp³-hybridized carbons (Fsp3) is 0.417. The normalized spacial score (nSPS) is 20.5. The molecule has 0 radical (unpaired) electrons. The van der Waals surface area contributed by atoms with E-state index in [0.29, 0.717) is 28.1 Å². The molecule has 3 aliphatic heterocycles. The predicted molar refractivity (Wildman–Crippen MR) is 118 cm³/mol. The first-order valence-electron chi connectivity index (χ1n) is 10.8. The molecule has 30 heavy (non-hydrogen) atoms. The number of likely N-dealkylation sites (tertiary alicyclic amines) is 1. The number of benzene rings is 2. The molecule has 2 aromatic carbocycles. The van der Waals surface area contributed by atoms with Crippen LogP contribution >= 0.6 is 11.6 Å². The number of hydrogen-bond donors (Lipinski definition) is 1. The van der Waals surface area contributed by atoms with E-state index in [2.05, 4.69) is 5.32 Å². The number of anilines is 1. The highest BCUT2D eigenvalue weighted by molar-refractivity contribution is 6.35. The number of carbonyl (C=O) groups excluding carboxylic acids is 2. The molecule has 5 nitrogen and oxygen atoms in total. The zero-order chi connectivity index (χ0) is 20.7. The van der Waals surface area contributed by atoms with Crippen molar-refractivity contribution in [2.24, 2.45) is 5.41 Å². The van der Waals surface area contributed by atoms with Crippen molar-refractivity contribution in [3.8, 4) is 0 Å². The molecular formula is C24H26ClN3O2. The highest BCUT2D eigenvalue weighted by atomic mass is 35.5. The molecule has 1 N–H and O–H groups in total. The van der Waals surface area contributed by atoms with Gasteiger partial charge in [0.2, 0.25) is 0 Å². The van der Waals surface area contributed by atoms with Crippen molar-refractivity contribution in [2.75, 3.05) is 31.1 Å². The summed E-state index contributed by atoms with van der Waals surface area (Å²) >= 11 is 6.25. The van der Waals surface area contributed by atoms with E-state index in [4.69, 9.17) is 11.6 Å². The minimum absolute atomic E-state index is 0.0582. The van der Waals surface area contributed by atoms with Gasteiger partial charge in [-0.1, -0.05) is 29.8 Å². The van der Waals surface area contributed by atoms with Gasteiger partial charge in [0.25, 0.3) is 11.8 Å². The second-order valence-electron chi connectivity index (χ2n) is 8.76. The lowest BCUT2D eigenvalue weighted by Gasteiger charge is -2.44. The average Bonchev–Trinajstić information content (AvgIpc) is 3.12. The third-order valence-corrected chi connectivity index (χ3v) is 7.38. The van der Waals surface area contributed by atoms with Gasteiger partial charge in [-0.05, 0) is 74.0 Å². The van der Waals surface area contributed by atoms with Gasteiger partial charge in [0.1, 0.15) is 0 Å². The smallest absolute Gasteiger partial charge is 0.260 e. The molecule has 3 heterocycles. The van der Waals surface area contributed by atoms with Crippen molar-refractivity contribution in [3.63, 3.8) is 0 Å². The topological polar surface area (TPSA) is 52.7 Å². The first kappa shape index (κ1) is 19.6. The molecule has 2 fully saturated rings.